The largest absolute Gasteiger partial charge is 0.466 e. The number of ether oxygens (including phenoxy) is 1. The molecule has 2 unspecified atom stereocenters. The fourth-order valence-corrected chi connectivity index (χ4v) is 12.5. The second kappa shape index (κ2) is 77.3. The maximum atomic E-state index is 12.5. The molecule has 88 heavy (non-hydrogen) atoms. The van der Waals surface area contributed by atoms with Crippen molar-refractivity contribution in [2.75, 3.05) is 13.2 Å². The van der Waals surface area contributed by atoms with E-state index < -0.39 is 12.1 Å². The molecule has 0 saturated heterocycles. The molecule has 0 radical (unpaired) electrons. The van der Waals surface area contributed by atoms with Gasteiger partial charge in [0.25, 0.3) is 0 Å². The quantitative estimate of drug-likeness (QED) is 0.0320. The second-order valence-electron chi connectivity index (χ2n) is 27.4. The molecule has 0 saturated carbocycles. The number of aliphatic hydroxyl groups excluding tert-OH is 2. The van der Waals surface area contributed by atoms with Crippen molar-refractivity contribution in [2.24, 2.45) is 0 Å². The minimum absolute atomic E-state index is 0.0131. The van der Waals surface area contributed by atoms with Gasteiger partial charge in [-0.2, -0.15) is 0 Å². The van der Waals surface area contributed by atoms with Gasteiger partial charge in [0.05, 0.1) is 25.4 Å². The van der Waals surface area contributed by atoms with Crippen LogP contribution in [-0.4, -0.2) is 47.4 Å². The monoisotopic (exact) mass is 1230 g/mol. The van der Waals surface area contributed by atoms with E-state index in [1.165, 1.54) is 360 Å². The van der Waals surface area contributed by atoms with E-state index in [0.717, 1.165) is 51.4 Å². The molecule has 1 amide bonds. The van der Waals surface area contributed by atoms with E-state index in [1.54, 1.807) is 6.08 Å². The van der Waals surface area contributed by atoms with E-state index in [2.05, 4.69) is 55.6 Å². The highest BCUT2D eigenvalue weighted by atomic mass is 16.5. The number of unbranched alkanes of at least 4 members (excludes halogenated alkanes) is 58. The summed E-state index contributed by atoms with van der Waals surface area (Å²) in [6, 6.07) is -0.626. The number of aliphatic hydroxyl groups is 2. The first-order valence-corrected chi connectivity index (χ1v) is 39.9. The lowest BCUT2D eigenvalue weighted by Gasteiger charge is -2.20. The number of rotatable bonds is 75. The molecular formula is C82H155NO5. The number of hydrogen-bond acceptors (Lipinski definition) is 5. The molecule has 0 spiro atoms. The van der Waals surface area contributed by atoms with Crippen LogP contribution in [0.25, 0.3) is 0 Å². The summed E-state index contributed by atoms with van der Waals surface area (Å²) in [6.07, 6.45) is 102. The van der Waals surface area contributed by atoms with Gasteiger partial charge < -0.3 is 20.3 Å². The molecule has 518 valence electrons. The summed E-state index contributed by atoms with van der Waals surface area (Å²) in [5.41, 5.74) is 0. The van der Waals surface area contributed by atoms with Crippen LogP contribution in [0.1, 0.15) is 438 Å². The van der Waals surface area contributed by atoms with Crippen LogP contribution in [0.2, 0.25) is 0 Å². The summed E-state index contributed by atoms with van der Waals surface area (Å²) >= 11 is 0. The molecule has 3 N–H and O–H groups in total. The van der Waals surface area contributed by atoms with E-state index in [-0.39, 0.29) is 18.5 Å². The predicted octanol–water partition coefficient (Wildman–Crippen LogP) is 26.4. The fraction of sp³-hybridized carbons (Fsp3) is 0.878. The summed E-state index contributed by atoms with van der Waals surface area (Å²) in [5.74, 6) is -0.0479. The minimum atomic E-state index is -0.843. The number of carbonyl (C=O) groups excluding carboxylic acids is 2. The average molecular weight is 1240 g/mol. The number of hydrogen-bond donors (Lipinski definition) is 3. The lowest BCUT2D eigenvalue weighted by atomic mass is 10.0. The van der Waals surface area contributed by atoms with Gasteiger partial charge in [-0.15, -0.1) is 0 Å². The molecule has 6 heteroatoms. The zero-order valence-corrected chi connectivity index (χ0v) is 59.5. The molecule has 0 fully saturated rings. The highest BCUT2D eigenvalue weighted by Gasteiger charge is 2.18. The minimum Gasteiger partial charge on any atom is -0.466 e. The molecule has 0 aliphatic heterocycles. The van der Waals surface area contributed by atoms with Gasteiger partial charge in [0, 0.05) is 12.8 Å². The zero-order chi connectivity index (χ0) is 63.5. The molecular weight excluding hydrogens is 1080 g/mol. The van der Waals surface area contributed by atoms with Crippen molar-refractivity contribution < 1.29 is 24.5 Å². The van der Waals surface area contributed by atoms with E-state index in [1.807, 2.05) is 6.08 Å². The fourth-order valence-electron chi connectivity index (χ4n) is 12.5. The Morgan fingerprint density at radius 3 is 0.886 bits per heavy atom. The summed E-state index contributed by atoms with van der Waals surface area (Å²) in [7, 11) is 0. The van der Waals surface area contributed by atoms with Crippen molar-refractivity contribution in [1.29, 1.82) is 0 Å². The number of allylic oxidation sites excluding steroid dienone is 7. The van der Waals surface area contributed by atoms with Gasteiger partial charge in [-0.1, -0.05) is 383 Å². The molecule has 0 aromatic carbocycles. The third-order valence-corrected chi connectivity index (χ3v) is 18.6. The number of esters is 1. The van der Waals surface area contributed by atoms with Gasteiger partial charge in [0.2, 0.25) is 5.91 Å². The zero-order valence-electron chi connectivity index (χ0n) is 59.5. The lowest BCUT2D eigenvalue weighted by molar-refractivity contribution is -0.143. The molecule has 0 aromatic rings. The lowest BCUT2D eigenvalue weighted by Crippen LogP contribution is -2.45. The van der Waals surface area contributed by atoms with Crippen LogP contribution in [0.4, 0.5) is 0 Å². The Bertz CT molecular complexity index is 1470. The molecule has 0 aromatic heterocycles. The molecule has 0 heterocycles. The summed E-state index contributed by atoms with van der Waals surface area (Å²) in [4.78, 5) is 24.6. The highest BCUT2D eigenvalue weighted by molar-refractivity contribution is 5.76. The summed E-state index contributed by atoms with van der Waals surface area (Å²) in [6.45, 7) is 4.93. The standard InChI is InChI=1S/C82H155NO5/c1-3-5-7-9-11-13-15-17-19-21-42-46-50-54-58-62-66-70-74-80(85)79(78-84)83-81(86)75-71-67-63-59-55-51-47-43-40-38-36-34-32-30-28-26-24-23-25-27-29-31-33-35-37-39-41-45-49-53-57-61-65-69-73-77-88-82(87)76-72-68-64-60-56-52-48-44-22-20-18-16-14-12-10-8-6-4-2/h14,16,20,22,25,27,70,74,79-80,84-85H,3-13,15,17-19,21,23-24,26,28-69,71-73,75-78H2,1-2H3,(H,83,86)/b16-14-,22-20-,27-25-,74-70+. The molecule has 0 bridgehead atoms. The number of amides is 1. The first kappa shape index (κ1) is 85.8. The Labute approximate surface area is 550 Å². The first-order chi connectivity index (χ1) is 43.5. The van der Waals surface area contributed by atoms with Crippen LogP contribution in [-0.2, 0) is 14.3 Å². The van der Waals surface area contributed by atoms with Crippen LogP contribution < -0.4 is 5.32 Å². The van der Waals surface area contributed by atoms with Crippen molar-refractivity contribution in [3.05, 3.63) is 48.6 Å². The van der Waals surface area contributed by atoms with Crippen molar-refractivity contribution >= 4 is 11.9 Å². The Morgan fingerprint density at radius 1 is 0.318 bits per heavy atom. The number of nitrogens with one attached hydrogen (secondary N) is 1. The van der Waals surface area contributed by atoms with E-state index >= 15 is 0 Å². The smallest absolute Gasteiger partial charge is 0.305 e. The average Bonchev–Trinajstić information content (AvgIpc) is 3.58. The Hall–Kier alpha value is -2.18. The summed E-state index contributed by atoms with van der Waals surface area (Å²) in [5, 5.41) is 23.2. The Kier molecular flexibility index (Phi) is 75.4. The third kappa shape index (κ3) is 72.9. The van der Waals surface area contributed by atoms with Crippen LogP contribution >= 0.6 is 0 Å². The van der Waals surface area contributed by atoms with E-state index in [4.69, 9.17) is 4.74 Å². The maximum Gasteiger partial charge on any atom is 0.305 e. The molecule has 0 aliphatic carbocycles. The van der Waals surface area contributed by atoms with Gasteiger partial charge in [-0.05, 0) is 89.9 Å². The Balaban J connectivity index is 3.36. The Morgan fingerprint density at radius 2 is 0.568 bits per heavy atom. The van der Waals surface area contributed by atoms with Crippen molar-refractivity contribution in [1.82, 2.24) is 5.32 Å². The van der Waals surface area contributed by atoms with Crippen LogP contribution in [0.15, 0.2) is 48.6 Å². The molecule has 6 nitrogen and oxygen atoms in total. The van der Waals surface area contributed by atoms with Crippen molar-refractivity contribution in [3.8, 4) is 0 Å². The van der Waals surface area contributed by atoms with E-state index in [9.17, 15) is 19.8 Å². The van der Waals surface area contributed by atoms with Gasteiger partial charge in [0.15, 0.2) is 0 Å². The summed E-state index contributed by atoms with van der Waals surface area (Å²) < 4.78 is 5.51. The normalized spacial score (nSPS) is 12.7. The molecule has 0 rings (SSSR count). The predicted molar refractivity (Wildman–Crippen MR) is 389 cm³/mol. The van der Waals surface area contributed by atoms with Gasteiger partial charge in [-0.25, -0.2) is 0 Å². The second-order valence-corrected chi connectivity index (χ2v) is 27.4. The van der Waals surface area contributed by atoms with Crippen LogP contribution in [0.5, 0.6) is 0 Å². The topological polar surface area (TPSA) is 95.9 Å². The molecule has 2 atom stereocenters. The molecule has 0 aliphatic rings. The van der Waals surface area contributed by atoms with Crippen LogP contribution in [0, 0.1) is 0 Å². The van der Waals surface area contributed by atoms with Crippen molar-refractivity contribution in [3.63, 3.8) is 0 Å². The van der Waals surface area contributed by atoms with Crippen LogP contribution in [0.3, 0.4) is 0 Å². The number of carbonyl (C=O) groups is 2. The van der Waals surface area contributed by atoms with Gasteiger partial charge in [0.1, 0.15) is 0 Å². The van der Waals surface area contributed by atoms with Crippen molar-refractivity contribution in [2.45, 2.75) is 450 Å². The highest BCUT2D eigenvalue weighted by Crippen LogP contribution is 2.19. The van der Waals surface area contributed by atoms with E-state index in [0.29, 0.717) is 19.4 Å². The van der Waals surface area contributed by atoms with Gasteiger partial charge in [-0.3, -0.25) is 9.59 Å². The third-order valence-electron chi connectivity index (χ3n) is 18.6. The SMILES string of the molecule is CCCCCC/C=C\C/C=C\CCCCCCCCCC(=O)OCCCCCCCCCCCCCCCC/C=C\CCCCCCCCCCCCCCCCCCCC(=O)NC(CO)C(O)/C=C/CCCCCCCCCCCCCCCCCC. The first-order valence-electron chi connectivity index (χ1n) is 39.9. The van der Waals surface area contributed by atoms with Gasteiger partial charge >= 0.3 is 5.97 Å². The maximum absolute atomic E-state index is 12.5.